The van der Waals surface area contributed by atoms with Crippen LogP contribution in [0.3, 0.4) is 0 Å². The van der Waals surface area contributed by atoms with Crippen molar-refractivity contribution in [3.05, 3.63) is 101 Å². The normalized spacial score (nSPS) is 24.5. The summed E-state index contributed by atoms with van der Waals surface area (Å²) in [6.07, 6.45) is -5.69. The zero-order valence-electron chi connectivity index (χ0n) is 18.4. The molecule has 0 N–H and O–H groups in total. The molecule has 0 bridgehead atoms. The Morgan fingerprint density at radius 3 is 1.83 bits per heavy atom. The average molecular weight is 491 g/mol. The van der Waals surface area contributed by atoms with Gasteiger partial charge in [0.05, 0.1) is 29.2 Å². The van der Waals surface area contributed by atoms with Crippen molar-refractivity contribution in [3.8, 4) is 0 Å². The number of Topliss-reactive ketones (excluding diaryl/α,β-unsaturated/α-hetero) is 2. The van der Waals surface area contributed by atoms with Crippen molar-refractivity contribution in [1.29, 1.82) is 0 Å². The van der Waals surface area contributed by atoms with Crippen LogP contribution in [0.25, 0.3) is 0 Å². The standard InChI is InChI=1S/C27H16F3NO5/c28-27(29,30)15-10-12-16(13-11-15)31-24(34)19-20(25(31)35)26(36-21(19)14-6-2-1-3-7-14)22(32)17-8-4-5-9-18(17)23(26)33/h1-13,19-21H/t19-,20+,21+/m1/s1. The zero-order valence-corrected chi connectivity index (χ0v) is 18.4. The van der Waals surface area contributed by atoms with Crippen molar-refractivity contribution in [3.63, 3.8) is 0 Å². The molecule has 0 aromatic heterocycles. The SMILES string of the molecule is O=C1[C@@H]2[C@@H](C(=O)N1c1ccc(C(F)(F)F)cc1)C1(O[C@H]2c2ccccc2)C(=O)c2ccccc2C1=O. The molecule has 0 saturated carbocycles. The number of hydrogen-bond acceptors (Lipinski definition) is 5. The quantitative estimate of drug-likeness (QED) is 0.392. The number of fused-ring (bicyclic) bond motifs is 3. The molecule has 180 valence electrons. The van der Waals surface area contributed by atoms with E-state index in [9.17, 15) is 32.3 Å². The number of amides is 2. The van der Waals surface area contributed by atoms with E-state index in [-0.39, 0.29) is 16.8 Å². The molecule has 9 heteroatoms. The number of nitrogens with zero attached hydrogens (tertiary/aromatic N) is 1. The topological polar surface area (TPSA) is 80.8 Å². The molecule has 2 heterocycles. The highest BCUT2D eigenvalue weighted by atomic mass is 19.4. The van der Waals surface area contributed by atoms with Gasteiger partial charge in [0, 0.05) is 11.1 Å². The lowest BCUT2D eigenvalue weighted by molar-refractivity contribution is -0.137. The fraction of sp³-hybridized carbons (Fsp3) is 0.185. The minimum Gasteiger partial charge on any atom is -0.349 e. The Balaban J connectivity index is 1.50. The summed E-state index contributed by atoms with van der Waals surface area (Å²) in [7, 11) is 0. The Bertz CT molecular complexity index is 1410. The van der Waals surface area contributed by atoms with Crippen LogP contribution in [-0.4, -0.2) is 29.0 Å². The lowest BCUT2D eigenvalue weighted by atomic mass is 9.77. The van der Waals surface area contributed by atoms with Gasteiger partial charge in [-0.2, -0.15) is 13.2 Å². The molecule has 0 unspecified atom stereocenters. The van der Waals surface area contributed by atoms with Crippen molar-refractivity contribution in [2.75, 3.05) is 4.90 Å². The minimum absolute atomic E-state index is 0.0789. The van der Waals surface area contributed by atoms with Crippen LogP contribution in [0, 0.1) is 11.8 Å². The fourth-order valence-corrected chi connectivity index (χ4v) is 5.51. The largest absolute Gasteiger partial charge is 0.416 e. The number of anilines is 1. The molecule has 0 radical (unpaired) electrons. The number of benzene rings is 3. The van der Waals surface area contributed by atoms with E-state index in [1.165, 1.54) is 12.1 Å². The average Bonchev–Trinajstić information content (AvgIpc) is 3.44. The second kappa shape index (κ2) is 7.44. The predicted molar refractivity (Wildman–Crippen MR) is 119 cm³/mol. The second-order valence-corrected chi connectivity index (χ2v) is 8.95. The number of halogens is 3. The van der Waals surface area contributed by atoms with E-state index in [2.05, 4.69) is 0 Å². The number of carbonyl (C=O) groups excluding carboxylic acids is 4. The number of hydrogen-bond donors (Lipinski definition) is 0. The first-order chi connectivity index (χ1) is 17.2. The van der Waals surface area contributed by atoms with E-state index < -0.39 is 58.7 Å². The summed E-state index contributed by atoms with van der Waals surface area (Å²) in [5.41, 5.74) is -2.56. The van der Waals surface area contributed by atoms with Crippen LogP contribution in [0.2, 0.25) is 0 Å². The van der Waals surface area contributed by atoms with Crippen LogP contribution in [0.5, 0.6) is 0 Å². The Morgan fingerprint density at radius 1 is 0.722 bits per heavy atom. The number of imide groups is 1. The van der Waals surface area contributed by atoms with Gasteiger partial charge in [0.2, 0.25) is 29.0 Å². The van der Waals surface area contributed by atoms with Gasteiger partial charge in [-0.25, -0.2) is 4.90 Å². The first-order valence-corrected chi connectivity index (χ1v) is 11.1. The van der Waals surface area contributed by atoms with Crippen LogP contribution < -0.4 is 4.90 Å². The van der Waals surface area contributed by atoms with Crippen LogP contribution in [0.1, 0.15) is 37.9 Å². The van der Waals surface area contributed by atoms with E-state index >= 15 is 0 Å². The first-order valence-electron chi connectivity index (χ1n) is 11.1. The summed E-state index contributed by atoms with van der Waals surface area (Å²) in [5.74, 6) is -5.70. The number of alkyl halides is 3. The van der Waals surface area contributed by atoms with Gasteiger partial charge in [-0.3, -0.25) is 19.2 Å². The molecule has 2 amide bonds. The van der Waals surface area contributed by atoms with E-state index in [1.807, 2.05) is 0 Å². The molecule has 1 aliphatic carbocycles. The number of carbonyl (C=O) groups is 4. The van der Waals surface area contributed by atoms with Crippen molar-refractivity contribution in [1.82, 2.24) is 0 Å². The van der Waals surface area contributed by atoms with Crippen LogP contribution in [0.15, 0.2) is 78.9 Å². The predicted octanol–water partition coefficient (Wildman–Crippen LogP) is 4.40. The summed E-state index contributed by atoms with van der Waals surface area (Å²) in [4.78, 5) is 55.5. The fourth-order valence-electron chi connectivity index (χ4n) is 5.51. The summed E-state index contributed by atoms with van der Waals surface area (Å²) in [6.45, 7) is 0. The van der Waals surface area contributed by atoms with Crippen molar-refractivity contribution in [2.24, 2.45) is 11.8 Å². The van der Waals surface area contributed by atoms with Crippen molar-refractivity contribution in [2.45, 2.75) is 17.9 Å². The van der Waals surface area contributed by atoms with E-state index in [1.54, 1.807) is 42.5 Å². The molecule has 2 aliphatic heterocycles. The number of ketones is 2. The zero-order chi connectivity index (χ0) is 25.4. The summed E-state index contributed by atoms with van der Waals surface area (Å²) in [6, 6.07) is 18.1. The number of ether oxygens (including phenoxy) is 1. The van der Waals surface area contributed by atoms with Crippen LogP contribution in [-0.2, 0) is 20.5 Å². The Hall–Kier alpha value is -4.11. The molecule has 36 heavy (non-hydrogen) atoms. The van der Waals surface area contributed by atoms with Crippen LogP contribution in [0.4, 0.5) is 18.9 Å². The molecule has 2 fully saturated rings. The second-order valence-electron chi connectivity index (χ2n) is 8.95. The highest BCUT2D eigenvalue weighted by Crippen LogP contribution is 2.57. The monoisotopic (exact) mass is 491 g/mol. The smallest absolute Gasteiger partial charge is 0.349 e. The molecule has 2 saturated heterocycles. The summed E-state index contributed by atoms with van der Waals surface area (Å²) >= 11 is 0. The molecule has 3 aromatic rings. The van der Waals surface area contributed by atoms with Gasteiger partial charge in [-0.15, -0.1) is 0 Å². The molecule has 3 atom stereocenters. The van der Waals surface area contributed by atoms with Gasteiger partial charge in [0.25, 0.3) is 0 Å². The van der Waals surface area contributed by atoms with Gasteiger partial charge in [-0.1, -0.05) is 54.6 Å². The molecular formula is C27H16F3NO5. The lowest BCUT2D eigenvalue weighted by Gasteiger charge is -2.27. The first kappa shape index (κ1) is 22.4. The molecule has 3 aliphatic rings. The van der Waals surface area contributed by atoms with Gasteiger partial charge in [-0.05, 0) is 29.8 Å². The third-order valence-electron chi connectivity index (χ3n) is 7.10. The highest BCUT2D eigenvalue weighted by Gasteiger charge is 2.74. The highest BCUT2D eigenvalue weighted by molar-refractivity contribution is 6.37. The Labute approximate surface area is 202 Å². The maximum Gasteiger partial charge on any atom is 0.416 e. The van der Waals surface area contributed by atoms with E-state index in [0.29, 0.717) is 5.56 Å². The van der Waals surface area contributed by atoms with Gasteiger partial charge in [0.1, 0.15) is 0 Å². The Morgan fingerprint density at radius 2 is 1.28 bits per heavy atom. The summed E-state index contributed by atoms with van der Waals surface area (Å²) in [5, 5.41) is 0. The summed E-state index contributed by atoms with van der Waals surface area (Å²) < 4.78 is 45.3. The third-order valence-corrected chi connectivity index (χ3v) is 7.10. The van der Waals surface area contributed by atoms with Crippen LogP contribution >= 0.6 is 0 Å². The Kier molecular flexibility index (Phi) is 4.62. The molecular weight excluding hydrogens is 475 g/mol. The lowest BCUT2D eigenvalue weighted by Crippen LogP contribution is -2.51. The molecule has 1 spiro atoms. The third kappa shape index (κ3) is 2.83. The molecule has 6 rings (SSSR count). The maximum absolute atomic E-state index is 13.8. The molecule has 3 aromatic carbocycles. The maximum atomic E-state index is 13.8. The van der Waals surface area contributed by atoms with Gasteiger partial charge in [0.15, 0.2) is 0 Å². The van der Waals surface area contributed by atoms with Gasteiger partial charge < -0.3 is 4.74 Å². The van der Waals surface area contributed by atoms with E-state index in [0.717, 1.165) is 29.2 Å². The van der Waals surface area contributed by atoms with Crippen molar-refractivity contribution < 1.29 is 37.1 Å². The minimum atomic E-state index is -4.60. The molecule has 6 nitrogen and oxygen atoms in total. The van der Waals surface area contributed by atoms with Crippen molar-refractivity contribution >= 4 is 29.1 Å². The van der Waals surface area contributed by atoms with E-state index in [4.69, 9.17) is 4.74 Å². The number of rotatable bonds is 2. The van der Waals surface area contributed by atoms with Gasteiger partial charge >= 0.3 is 6.18 Å².